The van der Waals surface area contributed by atoms with Crippen molar-refractivity contribution in [3.8, 4) is 0 Å². The Morgan fingerprint density at radius 2 is 1.24 bits per heavy atom. The SMILES string of the molecule is CC(C)(C)OC(=O)C1=C(C[P+](c2ccccc2)(c2ccccc2)c2ccccc2)CS(=O)(=O)[C@@H]2[C@H](NC(=O)Cc3ccccc3)C(=O)N12.[Br-]. The molecule has 2 amide bonds. The third-order valence-electron chi connectivity index (χ3n) is 8.50. The minimum atomic E-state index is -4.06. The second-order valence-corrected chi connectivity index (χ2v) is 18.6. The summed E-state index contributed by atoms with van der Waals surface area (Å²) in [5.41, 5.74) is 0.0658. The molecule has 11 heteroatoms. The van der Waals surface area contributed by atoms with E-state index in [0.717, 1.165) is 26.4 Å². The molecule has 1 saturated heterocycles. The maximum Gasteiger partial charge on any atom is 0.355 e. The molecule has 4 aromatic rings. The summed E-state index contributed by atoms with van der Waals surface area (Å²) in [7, 11) is -6.72. The number of ether oxygens (including phenoxy) is 1. The van der Waals surface area contributed by atoms with Crippen molar-refractivity contribution < 1.29 is 44.5 Å². The van der Waals surface area contributed by atoms with Crippen LogP contribution >= 0.6 is 7.26 Å². The lowest BCUT2D eigenvalue weighted by atomic mass is 10.0. The number of halogens is 1. The van der Waals surface area contributed by atoms with Crippen LogP contribution in [0.4, 0.5) is 0 Å². The zero-order chi connectivity index (χ0) is 34.1. The zero-order valence-corrected chi connectivity index (χ0v) is 30.8. The van der Waals surface area contributed by atoms with E-state index in [0.29, 0.717) is 5.57 Å². The van der Waals surface area contributed by atoms with Gasteiger partial charge in [-0.05, 0) is 62.7 Å². The van der Waals surface area contributed by atoms with Gasteiger partial charge in [0.15, 0.2) is 15.2 Å². The van der Waals surface area contributed by atoms with E-state index in [4.69, 9.17) is 4.74 Å². The van der Waals surface area contributed by atoms with Gasteiger partial charge in [-0.2, -0.15) is 0 Å². The fraction of sp³-hybridized carbons (Fsp3) is 0.237. The van der Waals surface area contributed by atoms with E-state index in [1.54, 1.807) is 45.0 Å². The van der Waals surface area contributed by atoms with Crippen LogP contribution in [0.5, 0.6) is 0 Å². The Morgan fingerprint density at radius 3 is 1.69 bits per heavy atom. The average molecular weight is 762 g/mol. The van der Waals surface area contributed by atoms with Crippen molar-refractivity contribution in [2.45, 2.75) is 44.2 Å². The lowest BCUT2D eigenvalue weighted by Crippen LogP contribution is -3.00. The molecule has 0 bridgehead atoms. The minimum Gasteiger partial charge on any atom is -1.00 e. The highest BCUT2D eigenvalue weighted by Crippen LogP contribution is 2.58. The Balaban J connectivity index is 0.00000468. The van der Waals surface area contributed by atoms with Crippen LogP contribution in [0.3, 0.4) is 0 Å². The van der Waals surface area contributed by atoms with Crippen LogP contribution in [0.25, 0.3) is 0 Å². The number of sulfone groups is 1. The van der Waals surface area contributed by atoms with Crippen molar-refractivity contribution in [2.75, 3.05) is 11.9 Å². The summed E-state index contributed by atoms with van der Waals surface area (Å²) in [6.07, 6.45) is 0.163. The van der Waals surface area contributed by atoms with E-state index in [9.17, 15) is 22.8 Å². The number of β-lactam (4-membered cyclic amide) rings is 1. The van der Waals surface area contributed by atoms with Gasteiger partial charge in [-0.3, -0.25) is 14.5 Å². The molecule has 6 rings (SSSR count). The zero-order valence-electron chi connectivity index (χ0n) is 27.5. The molecular weight excluding hydrogens is 723 g/mol. The number of rotatable bonds is 9. The molecule has 2 aliphatic rings. The summed E-state index contributed by atoms with van der Waals surface area (Å²) in [6.45, 7) is 5.17. The molecule has 1 fully saturated rings. The van der Waals surface area contributed by atoms with Crippen LogP contribution in [0.1, 0.15) is 26.3 Å². The molecule has 1 N–H and O–H groups in total. The van der Waals surface area contributed by atoms with Gasteiger partial charge in [-0.1, -0.05) is 84.9 Å². The lowest BCUT2D eigenvalue weighted by molar-refractivity contribution is -0.159. The second-order valence-electron chi connectivity index (χ2n) is 13.0. The first-order valence-electron chi connectivity index (χ1n) is 15.8. The lowest BCUT2D eigenvalue weighted by Gasteiger charge is -2.49. The number of nitrogens with one attached hydrogen (secondary N) is 1. The number of carbonyl (C=O) groups is 3. The normalized spacial score (nSPS) is 18.4. The van der Waals surface area contributed by atoms with Crippen LogP contribution in [-0.2, 0) is 35.4 Å². The molecule has 0 unspecified atom stereocenters. The fourth-order valence-electron chi connectivity index (χ4n) is 6.52. The van der Waals surface area contributed by atoms with Gasteiger partial charge in [0.1, 0.15) is 40.5 Å². The smallest absolute Gasteiger partial charge is 0.355 e. The number of fused-ring (bicyclic) bond motifs is 1. The number of benzene rings is 4. The van der Waals surface area contributed by atoms with Crippen molar-refractivity contribution in [2.24, 2.45) is 0 Å². The topological polar surface area (TPSA) is 110 Å². The maximum absolute atomic E-state index is 14.2. The third kappa shape index (κ3) is 7.28. The van der Waals surface area contributed by atoms with Gasteiger partial charge in [0.2, 0.25) is 5.91 Å². The van der Waals surface area contributed by atoms with Gasteiger partial charge < -0.3 is 27.0 Å². The molecule has 0 saturated carbocycles. The molecule has 2 aliphatic heterocycles. The predicted molar refractivity (Wildman–Crippen MR) is 189 cm³/mol. The highest BCUT2D eigenvalue weighted by molar-refractivity contribution is 7.96. The molecule has 254 valence electrons. The Kier molecular flexibility index (Phi) is 10.6. The summed E-state index contributed by atoms with van der Waals surface area (Å²) < 4.78 is 34.2. The highest BCUT2D eigenvalue weighted by Gasteiger charge is 2.62. The predicted octanol–water partition coefficient (Wildman–Crippen LogP) is 0.905. The van der Waals surface area contributed by atoms with Gasteiger partial charge in [-0.15, -0.1) is 0 Å². The van der Waals surface area contributed by atoms with Gasteiger partial charge in [0.25, 0.3) is 5.91 Å². The van der Waals surface area contributed by atoms with Gasteiger partial charge in [-0.25, -0.2) is 13.2 Å². The number of carbonyl (C=O) groups excluding carboxylic acids is 3. The number of amides is 2. The quantitative estimate of drug-likeness (QED) is 0.155. The van der Waals surface area contributed by atoms with Crippen LogP contribution in [-0.4, -0.2) is 60.0 Å². The van der Waals surface area contributed by atoms with E-state index in [2.05, 4.69) is 5.32 Å². The summed E-state index contributed by atoms with van der Waals surface area (Å²) in [5.74, 6) is -2.38. The van der Waals surface area contributed by atoms with Crippen molar-refractivity contribution in [1.82, 2.24) is 10.2 Å². The van der Waals surface area contributed by atoms with Crippen molar-refractivity contribution in [1.29, 1.82) is 0 Å². The molecule has 0 aromatic heterocycles. The van der Waals surface area contributed by atoms with E-state index in [1.165, 1.54) is 0 Å². The van der Waals surface area contributed by atoms with Crippen molar-refractivity contribution in [3.63, 3.8) is 0 Å². The summed E-state index contributed by atoms with van der Waals surface area (Å²) in [5, 5.41) is 4.22. The van der Waals surface area contributed by atoms with Crippen molar-refractivity contribution >= 4 is 50.8 Å². The molecule has 0 spiro atoms. The summed E-state index contributed by atoms with van der Waals surface area (Å²) in [6, 6.07) is 37.4. The molecule has 2 heterocycles. The second kappa shape index (κ2) is 14.4. The summed E-state index contributed by atoms with van der Waals surface area (Å²) in [4.78, 5) is 42.0. The van der Waals surface area contributed by atoms with Crippen LogP contribution in [0.2, 0.25) is 0 Å². The van der Waals surface area contributed by atoms with Crippen LogP contribution in [0.15, 0.2) is 133 Å². The third-order valence-corrected chi connectivity index (χ3v) is 14.9. The first-order valence-corrected chi connectivity index (χ1v) is 19.5. The van der Waals surface area contributed by atoms with Gasteiger partial charge >= 0.3 is 5.97 Å². The highest BCUT2D eigenvalue weighted by atomic mass is 79.9. The number of esters is 1. The largest absolute Gasteiger partial charge is 1.00 e. The molecule has 49 heavy (non-hydrogen) atoms. The number of hydrogen-bond acceptors (Lipinski definition) is 6. The minimum absolute atomic E-state index is 0. The van der Waals surface area contributed by atoms with E-state index in [1.807, 2.05) is 97.1 Å². The number of hydrogen-bond donors (Lipinski definition) is 1. The first-order chi connectivity index (χ1) is 22.9. The van der Waals surface area contributed by atoms with E-state index >= 15 is 0 Å². The Labute approximate surface area is 298 Å². The van der Waals surface area contributed by atoms with Gasteiger partial charge in [0.05, 0.1) is 18.3 Å². The van der Waals surface area contributed by atoms with E-state index in [-0.39, 0.29) is 35.3 Å². The maximum atomic E-state index is 14.2. The average Bonchev–Trinajstić information content (AvgIpc) is 3.06. The molecule has 4 aromatic carbocycles. The van der Waals surface area contributed by atoms with E-state index < -0.39 is 57.7 Å². The fourth-order valence-corrected chi connectivity index (χ4v) is 13.0. The first kappa shape index (κ1) is 36.2. The molecular formula is C38H38BrN2O6PS. The molecule has 0 radical (unpaired) electrons. The Morgan fingerprint density at radius 1 is 0.796 bits per heavy atom. The van der Waals surface area contributed by atoms with Gasteiger partial charge in [0, 0.05) is 5.57 Å². The van der Waals surface area contributed by atoms with Crippen LogP contribution in [0, 0.1) is 0 Å². The molecule has 0 aliphatic carbocycles. The molecule has 8 nitrogen and oxygen atoms in total. The summed E-state index contributed by atoms with van der Waals surface area (Å²) >= 11 is 0. The Hall–Kier alpha value is -4.11. The monoisotopic (exact) mass is 760 g/mol. The number of nitrogens with zero attached hydrogens (tertiary/aromatic N) is 1. The molecule has 2 atom stereocenters. The Bertz CT molecular complexity index is 1870. The van der Waals surface area contributed by atoms with Crippen LogP contribution < -0.4 is 38.2 Å². The van der Waals surface area contributed by atoms with Crippen molar-refractivity contribution in [3.05, 3.63) is 138 Å². The standard InChI is InChI=1S/C38H37N2O6PS.BrH/c1-38(2,3)46-37(43)34-28(26-48(44,45)36-33(35(42)40(34)36)39-32(41)24-27-16-8-4-9-17-27)25-47(29-18-10-5-11-19-29,30-20-12-6-13-21-30)31-22-14-7-15-23-31;/h4-23,33,36H,24-26H2,1-3H3;1H/t33-,36-;/m1./s1.